The Morgan fingerprint density at radius 2 is 1.94 bits per heavy atom. The van der Waals surface area contributed by atoms with Gasteiger partial charge in [-0.25, -0.2) is 0 Å². The second-order valence-electron chi connectivity index (χ2n) is 3.69. The molecule has 2 amide bonds. The van der Waals surface area contributed by atoms with Crippen molar-refractivity contribution in [2.24, 2.45) is 16.5 Å². The van der Waals surface area contributed by atoms with Crippen LogP contribution in [0.2, 0.25) is 0 Å². The van der Waals surface area contributed by atoms with Crippen molar-refractivity contribution in [2.75, 3.05) is 0 Å². The number of carbonyl (C=O) groups is 2. The van der Waals surface area contributed by atoms with Crippen molar-refractivity contribution in [3.05, 3.63) is 34.9 Å². The van der Waals surface area contributed by atoms with E-state index in [2.05, 4.69) is 4.99 Å². The lowest BCUT2D eigenvalue weighted by Gasteiger charge is -2.02. The van der Waals surface area contributed by atoms with Gasteiger partial charge >= 0.3 is 0 Å². The number of rotatable bonds is 2. The first-order valence-corrected chi connectivity index (χ1v) is 5.04. The number of aliphatic imine (C=N–C) groups is 1. The standard InChI is InChI=1S/C12H11N3O2/c13-11(16)8-2-1-7-5-9(12(14)17)3-4-15-10(7)6-8/h1-2,4-6H,3H2,(H2,13,16)(H2,14,17). The van der Waals surface area contributed by atoms with Gasteiger partial charge in [0.1, 0.15) is 0 Å². The van der Waals surface area contributed by atoms with E-state index in [4.69, 9.17) is 11.5 Å². The maximum absolute atomic E-state index is 11.1. The molecule has 0 aliphatic carbocycles. The normalized spacial score (nSPS) is 13.5. The molecule has 5 nitrogen and oxygen atoms in total. The van der Waals surface area contributed by atoms with Crippen molar-refractivity contribution in [1.82, 2.24) is 0 Å². The van der Waals surface area contributed by atoms with Crippen molar-refractivity contribution >= 4 is 29.8 Å². The average molecular weight is 229 g/mol. The van der Waals surface area contributed by atoms with Crippen LogP contribution >= 0.6 is 0 Å². The first-order valence-electron chi connectivity index (χ1n) is 5.04. The molecule has 17 heavy (non-hydrogen) atoms. The van der Waals surface area contributed by atoms with E-state index in [1.807, 2.05) is 0 Å². The summed E-state index contributed by atoms with van der Waals surface area (Å²) in [7, 11) is 0. The van der Waals surface area contributed by atoms with Gasteiger partial charge in [0.15, 0.2) is 0 Å². The number of nitrogens with two attached hydrogens (primary N) is 2. The van der Waals surface area contributed by atoms with Crippen molar-refractivity contribution in [3.63, 3.8) is 0 Å². The first kappa shape index (κ1) is 11.1. The smallest absolute Gasteiger partial charge is 0.248 e. The van der Waals surface area contributed by atoms with Gasteiger partial charge in [-0.3, -0.25) is 14.6 Å². The highest BCUT2D eigenvalue weighted by Crippen LogP contribution is 2.26. The molecule has 1 aliphatic rings. The average Bonchev–Trinajstić information content (AvgIpc) is 2.49. The summed E-state index contributed by atoms with van der Waals surface area (Å²) in [6, 6.07) is 4.88. The zero-order valence-corrected chi connectivity index (χ0v) is 9.01. The summed E-state index contributed by atoms with van der Waals surface area (Å²) in [5.41, 5.74) is 12.6. The Balaban J connectivity index is 2.52. The fourth-order valence-electron chi connectivity index (χ4n) is 1.59. The second kappa shape index (κ2) is 4.21. The zero-order chi connectivity index (χ0) is 12.4. The molecule has 0 fully saturated rings. The summed E-state index contributed by atoms with van der Waals surface area (Å²) in [4.78, 5) is 26.3. The van der Waals surface area contributed by atoms with Gasteiger partial charge in [0.25, 0.3) is 0 Å². The number of amides is 2. The first-order chi connectivity index (χ1) is 8.08. The van der Waals surface area contributed by atoms with Gasteiger partial charge in [0.2, 0.25) is 11.8 Å². The van der Waals surface area contributed by atoms with E-state index in [1.165, 1.54) is 0 Å². The summed E-state index contributed by atoms with van der Waals surface area (Å²) < 4.78 is 0. The molecule has 0 saturated carbocycles. The zero-order valence-electron chi connectivity index (χ0n) is 9.01. The molecule has 0 aromatic heterocycles. The van der Waals surface area contributed by atoms with Crippen molar-refractivity contribution in [1.29, 1.82) is 0 Å². The molecular weight excluding hydrogens is 218 g/mol. The molecule has 0 radical (unpaired) electrons. The van der Waals surface area contributed by atoms with Gasteiger partial charge < -0.3 is 11.5 Å². The quantitative estimate of drug-likeness (QED) is 0.782. The number of fused-ring (bicyclic) bond motifs is 1. The summed E-state index contributed by atoms with van der Waals surface area (Å²) in [6.45, 7) is 0. The van der Waals surface area contributed by atoms with Gasteiger partial charge in [-0.05, 0) is 18.2 Å². The van der Waals surface area contributed by atoms with Crippen molar-refractivity contribution in [3.8, 4) is 0 Å². The van der Waals surface area contributed by atoms with Crippen LogP contribution in [0.3, 0.4) is 0 Å². The van der Waals surface area contributed by atoms with Crippen LogP contribution in [0, 0.1) is 0 Å². The van der Waals surface area contributed by atoms with Crippen LogP contribution in [-0.4, -0.2) is 18.0 Å². The van der Waals surface area contributed by atoms with E-state index in [-0.39, 0.29) is 0 Å². The summed E-state index contributed by atoms with van der Waals surface area (Å²) in [5, 5.41) is 0. The van der Waals surface area contributed by atoms with Crippen LogP contribution in [0.5, 0.6) is 0 Å². The molecule has 1 aromatic carbocycles. The SMILES string of the molecule is NC(=O)C1=Cc2ccc(C(N)=O)cc2N=CC1. The monoisotopic (exact) mass is 229 g/mol. The molecule has 1 heterocycles. The van der Waals surface area contributed by atoms with E-state index in [9.17, 15) is 9.59 Å². The van der Waals surface area contributed by atoms with Crippen LogP contribution in [0.1, 0.15) is 22.3 Å². The number of nitrogens with zero attached hydrogens (tertiary/aromatic N) is 1. The predicted octanol–water partition coefficient (Wildman–Crippen LogP) is 0.760. The summed E-state index contributed by atoms with van der Waals surface area (Å²) in [5.74, 6) is -0.977. The molecule has 0 bridgehead atoms. The molecular formula is C12H11N3O2. The number of benzene rings is 1. The molecule has 4 N–H and O–H groups in total. The van der Waals surface area contributed by atoms with Gasteiger partial charge in [-0.2, -0.15) is 0 Å². The van der Waals surface area contributed by atoms with Crippen LogP contribution < -0.4 is 11.5 Å². The number of primary amides is 2. The summed E-state index contributed by atoms with van der Waals surface area (Å²) in [6.07, 6.45) is 3.65. The lowest BCUT2D eigenvalue weighted by atomic mass is 10.1. The highest BCUT2D eigenvalue weighted by atomic mass is 16.1. The maximum atomic E-state index is 11.1. The van der Waals surface area contributed by atoms with Crippen LogP contribution in [-0.2, 0) is 4.79 Å². The predicted molar refractivity (Wildman–Crippen MR) is 64.9 cm³/mol. The third-order valence-corrected chi connectivity index (χ3v) is 2.50. The maximum Gasteiger partial charge on any atom is 0.248 e. The highest BCUT2D eigenvalue weighted by molar-refractivity contribution is 6.02. The van der Waals surface area contributed by atoms with Gasteiger partial charge in [0, 0.05) is 29.3 Å². The minimum absolute atomic E-state index is 0.385. The van der Waals surface area contributed by atoms with E-state index in [0.717, 1.165) is 5.56 Å². The molecule has 86 valence electrons. The molecule has 5 heteroatoms. The molecule has 0 spiro atoms. The highest BCUT2D eigenvalue weighted by Gasteiger charge is 2.11. The Bertz CT molecular complexity index is 559. The minimum atomic E-state index is -0.508. The Morgan fingerprint density at radius 3 is 2.59 bits per heavy atom. The van der Waals surface area contributed by atoms with Gasteiger partial charge in [-0.1, -0.05) is 6.07 Å². The Labute approximate surface area is 97.8 Å². The van der Waals surface area contributed by atoms with Gasteiger partial charge in [0.05, 0.1) is 5.69 Å². The summed E-state index contributed by atoms with van der Waals surface area (Å²) >= 11 is 0. The lowest BCUT2D eigenvalue weighted by Crippen LogP contribution is -2.13. The third kappa shape index (κ3) is 2.23. The van der Waals surface area contributed by atoms with Crippen molar-refractivity contribution in [2.45, 2.75) is 6.42 Å². The van der Waals surface area contributed by atoms with E-state index >= 15 is 0 Å². The van der Waals surface area contributed by atoms with E-state index in [0.29, 0.717) is 23.2 Å². The molecule has 0 atom stereocenters. The molecule has 2 rings (SSSR count). The Kier molecular flexibility index (Phi) is 2.74. The van der Waals surface area contributed by atoms with Crippen LogP contribution in [0.15, 0.2) is 28.8 Å². The Hall–Kier alpha value is -2.43. The molecule has 1 aromatic rings. The number of carbonyl (C=O) groups excluding carboxylic acids is 2. The lowest BCUT2D eigenvalue weighted by molar-refractivity contribution is -0.114. The van der Waals surface area contributed by atoms with E-state index in [1.54, 1.807) is 30.5 Å². The largest absolute Gasteiger partial charge is 0.366 e. The van der Waals surface area contributed by atoms with Crippen LogP contribution in [0.25, 0.3) is 6.08 Å². The molecule has 0 unspecified atom stereocenters. The fraction of sp³-hybridized carbons (Fsp3) is 0.0833. The number of hydrogen-bond acceptors (Lipinski definition) is 3. The second-order valence-corrected chi connectivity index (χ2v) is 3.69. The Morgan fingerprint density at radius 1 is 1.18 bits per heavy atom. The van der Waals surface area contributed by atoms with E-state index < -0.39 is 11.8 Å². The number of hydrogen-bond donors (Lipinski definition) is 2. The molecule has 1 aliphatic heterocycles. The topological polar surface area (TPSA) is 98.5 Å². The third-order valence-electron chi connectivity index (χ3n) is 2.50. The van der Waals surface area contributed by atoms with Gasteiger partial charge in [-0.15, -0.1) is 0 Å². The fourth-order valence-corrected chi connectivity index (χ4v) is 1.59. The van der Waals surface area contributed by atoms with Crippen molar-refractivity contribution < 1.29 is 9.59 Å². The molecule has 0 saturated heterocycles. The van der Waals surface area contributed by atoms with Crippen LogP contribution in [0.4, 0.5) is 5.69 Å². The minimum Gasteiger partial charge on any atom is -0.366 e.